The van der Waals surface area contributed by atoms with Crippen LogP contribution >= 0.6 is 11.6 Å². The maximum atomic E-state index is 13.1. The molecule has 2 saturated heterocycles. The number of likely N-dealkylation sites (tertiary alicyclic amines) is 2. The summed E-state index contributed by atoms with van der Waals surface area (Å²) >= 11 is 6.01. The Hall–Kier alpha value is -2.79. The number of nitrogens with zero attached hydrogens (tertiary/aromatic N) is 4. The van der Waals surface area contributed by atoms with Crippen molar-refractivity contribution in [3.05, 3.63) is 34.9 Å². The van der Waals surface area contributed by atoms with Gasteiger partial charge in [-0.15, -0.1) is 0 Å². The average molecular weight is 445 g/mol. The molecular formula is C22H29ClN6O2. The highest BCUT2D eigenvalue weighted by atomic mass is 35.5. The van der Waals surface area contributed by atoms with Crippen molar-refractivity contribution in [3.63, 3.8) is 0 Å². The fourth-order valence-electron chi connectivity index (χ4n) is 3.95. The van der Waals surface area contributed by atoms with E-state index < -0.39 is 6.04 Å². The molecule has 2 N–H and O–H groups in total. The second kappa shape index (κ2) is 11.6. The highest BCUT2D eigenvalue weighted by Gasteiger charge is 2.30. The van der Waals surface area contributed by atoms with E-state index in [0.29, 0.717) is 31.0 Å². The standard InChI is InChI=1S/C22H29ClN6O2/c23-18-7-5-6-17(14-18)9-10-25-22(26-16-24)27-19-8-1-2-13-29(21(19)31)15-20(30)28-11-3-4-12-28/h5-7,14,19H,1-4,8-13,15H2,(H2,25,26,27). The molecule has 8 nitrogen and oxygen atoms in total. The Kier molecular flexibility index (Phi) is 8.53. The van der Waals surface area contributed by atoms with E-state index in [0.717, 1.165) is 44.3 Å². The number of guanidine groups is 1. The Morgan fingerprint density at radius 3 is 2.74 bits per heavy atom. The maximum Gasteiger partial charge on any atom is 0.245 e. The molecule has 2 fully saturated rings. The van der Waals surface area contributed by atoms with Crippen LogP contribution < -0.4 is 10.6 Å². The highest BCUT2D eigenvalue weighted by molar-refractivity contribution is 6.30. The molecule has 2 aliphatic heterocycles. The van der Waals surface area contributed by atoms with E-state index in [2.05, 4.69) is 15.6 Å². The average Bonchev–Trinajstić information content (AvgIpc) is 3.24. The molecule has 1 aromatic carbocycles. The van der Waals surface area contributed by atoms with E-state index in [1.807, 2.05) is 35.4 Å². The van der Waals surface area contributed by atoms with Gasteiger partial charge in [0.2, 0.25) is 17.8 Å². The van der Waals surface area contributed by atoms with E-state index >= 15 is 0 Å². The number of hydrogen-bond donors (Lipinski definition) is 2. The number of carbonyl (C=O) groups is 2. The SMILES string of the molecule is N#CNC(=NCCc1cccc(Cl)c1)NC1CCCCN(CC(=O)N2CCCC2)C1=O. The lowest BCUT2D eigenvalue weighted by atomic mass is 10.1. The molecule has 31 heavy (non-hydrogen) atoms. The topological polar surface area (TPSA) is 101 Å². The van der Waals surface area contributed by atoms with Crippen LogP contribution in [0.3, 0.4) is 0 Å². The lowest BCUT2D eigenvalue weighted by Gasteiger charge is -2.27. The minimum atomic E-state index is -0.514. The molecular weight excluding hydrogens is 416 g/mol. The molecule has 0 radical (unpaired) electrons. The third-order valence-electron chi connectivity index (χ3n) is 5.61. The molecule has 1 atom stereocenters. The Morgan fingerprint density at radius 1 is 1.23 bits per heavy atom. The van der Waals surface area contributed by atoms with Crippen LogP contribution in [0.4, 0.5) is 0 Å². The van der Waals surface area contributed by atoms with Gasteiger partial charge in [0.1, 0.15) is 6.04 Å². The summed E-state index contributed by atoms with van der Waals surface area (Å²) in [6.07, 6.45) is 6.93. The zero-order valence-corrected chi connectivity index (χ0v) is 18.4. The summed E-state index contributed by atoms with van der Waals surface area (Å²) in [6.45, 7) is 2.68. The molecule has 0 aliphatic carbocycles. The zero-order chi connectivity index (χ0) is 22.1. The van der Waals surface area contributed by atoms with Gasteiger partial charge in [0, 0.05) is 31.2 Å². The van der Waals surface area contributed by atoms with Gasteiger partial charge in [0.05, 0.1) is 6.54 Å². The molecule has 1 unspecified atom stereocenters. The van der Waals surface area contributed by atoms with Crippen molar-refractivity contribution < 1.29 is 9.59 Å². The molecule has 0 saturated carbocycles. The number of nitriles is 1. The number of hydrogen-bond acceptors (Lipinski definition) is 4. The molecule has 3 rings (SSSR count). The minimum Gasteiger partial charge on any atom is -0.344 e. The number of aliphatic imine (C=N–C) groups is 1. The fraction of sp³-hybridized carbons (Fsp3) is 0.545. The second-order valence-electron chi connectivity index (χ2n) is 7.89. The van der Waals surface area contributed by atoms with Gasteiger partial charge in [0.25, 0.3) is 0 Å². The van der Waals surface area contributed by atoms with Gasteiger partial charge in [-0.2, -0.15) is 5.26 Å². The van der Waals surface area contributed by atoms with Crippen LogP contribution in [0.25, 0.3) is 0 Å². The normalized spacial score (nSPS) is 19.7. The zero-order valence-electron chi connectivity index (χ0n) is 17.6. The highest BCUT2D eigenvalue weighted by Crippen LogP contribution is 2.15. The van der Waals surface area contributed by atoms with Crippen LogP contribution in [-0.2, 0) is 16.0 Å². The van der Waals surface area contributed by atoms with Crippen molar-refractivity contribution in [1.82, 2.24) is 20.4 Å². The van der Waals surface area contributed by atoms with Crippen LogP contribution in [0.15, 0.2) is 29.3 Å². The molecule has 166 valence electrons. The number of rotatable bonds is 6. The third-order valence-corrected chi connectivity index (χ3v) is 5.85. The van der Waals surface area contributed by atoms with Gasteiger partial charge < -0.3 is 15.1 Å². The van der Waals surface area contributed by atoms with Gasteiger partial charge in [-0.3, -0.25) is 19.9 Å². The van der Waals surface area contributed by atoms with Gasteiger partial charge in [-0.05, 0) is 56.2 Å². The van der Waals surface area contributed by atoms with Crippen molar-refractivity contribution in [3.8, 4) is 6.19 Å². The minimum absolute atomic E-state index is 0.0112. The van der Waals surface area contributed by atoms with E-state index in [-0.39, 0.29) is 24.3 Å². The molecule has 1 aromatic rings. The van der Waals surface area contributed by atoms with Crippen molar-refractivity contribution >= 4 is 29.4 Å². The third kappa shape index (κ3) is 6.86. The lowest BCUT2D eigenvalue weighted by molar-refractivity contribution is -0.140. The van der Waals surface area contributed by atoms with Crippen molar-refractivity contribution in [2.75, 3.05) is 32.7 Å². The predicted octanol–water partition coefficient (Wildman–Crippen LogP) is 1.90. The van der Waals surface area contributed by atoms with Crippen LogP contribution in [0.1, 0.15) is 37.7 Å². The smallest absolute Gasteiger partial charge is 0.245 e. The van der Waals surface area contributed by atoms with E-state index in [4.69, 9.17) is 16.9 Å². The first-order chi connectivity index (χ1) is 15.1. The number of amides is 2. The number of nitrogens with one attached hydrogen (secondary N) is 2. The summed E-state index contributed by atoms with van der Waals surface area (Å²) in [5.74, 6) is 0.167. The molecule has 0 spiro atoms. The fourth-order valence-corrected chi connectivity index (χ4v) is 4.17. The summed E-state index contributed by atoms with van der Waals surface area (Å²) in [6, 6.07) is 7.04. The monoisotopic (exact) mass is 444 g/mol. The second-order valence-corrected chi connectivity index (χ2v) is 8.32. The van der Waals surface area contributed by atoms with Crippen molar-refractivity contribution in [2.24, 2.45) is 4.99 Å². The van der Waals surface area contributed by atoms with Gasteiger partial charge in [-0.1, -0.05) is 23.7 Å². The van der Waals surface area contributed by atoms with Crippen LogP contribution in [0.2, 0.25) is 5.02 Å². The summed E-state index contributed by atoms with van der Waals surface area (Å²) in [7, 11) is 0. The Balaban J connectivity index is 1.60. The number of halogens is 1. The summed E-state index contributed by atoms with van der Waals surface area (Å²) in [5.41, 5.74) is 1.05. The van der Waals surface area contributed by atoms with E-state index in [1.165, 1.54) is 0 Å². The van der Waals surface area contributed by atoms with Crippen molar-refractivity contribution in [1.29, 1.82) is 5.26 Å². The quantitative estimate of drug-likeness (QED) is 0.302. The Morgan fingerprint density at radius 2 is 2.00 bits per heavy atom. The van der Waals surface area contributed by atoms with Crippen LogP contribution in [-0.4, -0.2) is 66.3 Å². The summed E-state index contributed by atoms with van der Waals surface area (Å²) in [4.78, 5) is 33.5. The predicted molar refractivity (Wildman–Crippen MR) is 119 cm³/mol. The summed E-state index contributed by atoms with van der Waals surface area (Å²) < 4.78 is 0. The first-order valence-corrected chi connectivity index (χ1v) is 11.2. The van der Waals surface area contributed by atoms with Gasteiger partial charge in [0.15, 0.2) is 6.19 Å². The maximum absolute atomic E-state index is 13.1. The molecule has 2 aliphatic rings. The Labute approximate surface area is 188 Å². The van der Waals surface area contributed by atoms with Crippen molar-refractivity contribution in [2.45, 2.75) is 44.6 Å². The molecule has 0 bridgehead atoms. The van der Waals surface area contributed by atoms with Gasteiger partial charge >= 0.3 is 0 Å². The number of carbonyl (C=O) groups excluding carboxylic acids is 2. The molecule has 0 aromatic heterocycles. The van der Waals surface area contributed by atoms with Crippen LogP contribution in [0, 0.1) is 11.5 Å². The van der Waals surface area contributed by atoms with E-state index in [1.54, 1.807) is 4.90 Å². The molecule has 2 heterocycles. The van der Waals surface area contributed by atoms with Gasteiger partial charge in [-0.25, -0.2) is 0 Å². The number of benzene rings is 1. The molecule has 9 heteroatoms. The largest absolute Gasteiger partial charge is 0.344 e. The first kappa shape index (κ1) is 22.9. The lowest BCUT2D eigenvalue weighted by Crippen LogP contribution is -2.52. The summed E-state index contributed by atoms with van der Waals surface area (Å²) in [5, 5.41) is 15.4. The Bertz CT molecular complexity index is 847. The van der Waals surface area contributed by atoms with E-state index in [9.17, 15) is 9.59 Å². The van der Waals surface area contributed by atoms with Crippen LogP contribution in [0.5, 0.6) is 0 Å². The first-order valence-electron chi connectivity index (χ1n) is 10.8. The molecule has 2 amide bonds.